The van der Waals surface area contributed by atoms with E-state index < -0.39 is 11.9 Å². The molecule has 0 saturated carbocycles. The highest BCUT2D eigenvalue weighted by molar-refractivity contribution is 6.27. The van der Waals surface area contributed by atoms with E-state index >= 15 is 0 Å². The fourth-order valence-electron chi connectivity index (χ4n) is 2.18. The second kappa shape index (κ2) is 10.6. The van der Waals surface area contributed by atoms with E-state index in [1.807, 2.05) is 30.3 Å². The Labute approximate surface area is 130 Å². The van der Waals surface area contributed by atoms with Gasteiger partial charge in [0.25, 0.3) is 0 Å². The average molecular weight is 309 g/mol. The third kappa shape index (κ3) is 8.26. The van der Waals surface area contributed by atoms with Crippen LogP contribution in [0.3, 0.4) is 0 Å². The van der Waals surface area contributed by atoms with Crippen molar-refractivity contribution < 1.29 is 24.5 Å². The molecule has 0 atom stereocenters. The zero-order valence-corrected chi connectivity index (χ0v) is 12.6. The Hall–Kier alpha value is -2.08. The molecule has 0 bridgehead atoms. The highest BCUT2D eigenvalue weighted by Gasteiger charge is 2.08. The van der Waals surface area contributed by atoms with Crippen LogP contribution in [-0.4, -0.2) is 53.3 Å². The second-order valence-corrected chi connectivity index (χ2v) is 5.03. The molecule has 1 heterocycles. The molecule has 1 aromatic carbocycles. The number of carbonyl (C=O) groups is 2. The van der Waals surface area contributed by atoms with Crippen molar-refractivity contribution in [2.45, 2.75) is 25.7 Å². The first-order valence-electron chi connectivity index (χ1n) is 7.46. The zero-order chi connectivity index (χ0) is 16.2. The van der Waals surface area contributed by atoms with Gasteiger partial charge in [0.15, 0.2) is 0 Å². The van der Waals surface area contributed by atoms with E-state index in [0.29, 0.717) is 0 Å². The largest absolute Gasteiger partial charge is 0.494 e. The highest BCUT2D eigenvalue weighted by Crippen LogP contribution is 2.10. The first-order chi connectivity index (χ1) is 10.6. The van der Waals surface area contributed by atoms with E-state index in [4.69, 9.17) is 24.5 Å². The maximum atomic E-state index is 9.10. The van der Waals surface area contributed by atoms with Gasteiger partial charge in [-0.15, -0.1) is 0 Å². The van der Waals surface area contributed by atoms with Crippen molar-refractivity contribution in [3.63, 3.8) is 0 Å². The van der Waals surface area contributed by atoms with E-state index in [0.717, 1.165) is 18.8 Å². The molecule has 0 spiro atoms. The number of ether oxygens (including phenoxy) is 1. The molecule has 0 aromatic heterocycles. The van der Waals surface area contributed by atoms with Crippen LogP contribution in [0.5, 0.6) is 5.75 Å². The van der Waals surface area contributed by atoms with Crippen LogP contribution >= 0.6 is 0 Å². The minimum atomic E-state index is -1.82. The molecule has 1 aliphatic rings. The Kier molecular flexibility index (Phi) is 8.67. The van der Waals surface area contributed by atoms with Gasteiger partial charge in [-0.05, 0) is 44.5 Å². The first-order valence-corrected chi connectivity index (χ1v) is 7.46. The van der Waals surface area contributed by atoms with Gasteiger partial charge in [-0.3, -0.25) is 0 Å². The van der Waals surface area contributed by atoms with Crippen LogP contribution < -0.4 is 4.74 Å². The molecule has 0 amide bonds. The normalized spacial score (nSPS) is 14.5. The van der Waals surface area contributed by atoms with Crippen LogP contribution in [0, 0.1) is 0 Å². The number of rotatable bonds is 5. The van der Waals surface area contributed by atoms with Crippen molar-refractivity contribution >= 4 is 11.9 Å². The van der Waals surface area contributed by atoms with Gasteiger partial charge >= 0.3 is 11.9 Å². The summed E-state index contributed by atoms with van der Waals surface area (Å²) in [7, 11) is 0. The van der Waals surface area contributed by atoms with Crippen molar-refractivity contribution in [2.75, 3.05) is 26.2 Å². The predicted molar refractivity (Wildman–Crippen MR) is 82.1 cm³/mol. The van der Waals surface area contributed by atoms with E-state index in [2.05, 4.69) is 4.90 Å². The van der Waals surface area contributed by atoms with Gasteiger partial charge in [0.05, 0.1) is 6.61 Å². The summed E-state index contributed by atoms with van der Waals surface area (Å²) in [4.78, 5) is 20.8. The number of para-hydroxylation sites is 1. The van der Waals surface area contributed by atoms with Crippen LogP contribution in [0.25, 0.3) is 0 Å². The number of nitrogens with zero attached hydrogens (tertiary/aromatic N) is 1. The summed E-state index contributed by atoms with van der Waals surface area (Å²) in [5.74, 6) is -2.66. The summed E-state index contributed by atoms with van der Waals surface area (Å²) in [5, 5.41) is 14.8. The Bertz CT molecular complexity index is 431. The van der Waals surface area contributed by atoms with E-state index in [1.165, 1.54) is 38.9 Å². The Morgan fingerprint density at radius 3 is 2.14 bits per heavy atom. The fourth-order valence-corrected chi connectivity index (χ4v) is 2.18. The molecule has 0 unspecified atom stereocenters. The van der Waals surface area contributed by atoms with Gasteiger partial charge < -0.3 is 19.8 Å². The molecule has 6 nitrogen and oxygen atoms in total. The van der Waals surface area contributed by atoms with Crippen molar-refractivity contribution in [3.05, 3.63) is 30.3 Å². The molecule has 22 heavy (non-hydrogen) atoms. The van der Waals surface area contributed by atoms with Crippen molar-refractivity contribution in [1.82, 2.24) is 4.90 Å². The van der Waals surface area contributed by atoms with Crippen LogP contribution in [0.15, 0.2) is 30.3 Å². The molecule has 1 saturated heterocycles. The second-order valence-electron chi connectivity index (χ2n) is 5.03. The Morgan fingerprint density at radius 1 is 1.00 bits per heavy atom. The van der Waals surface area contributed by atoms with Gasteiger partial charge in [0.2, 0.25) is 0 Å². The van der Waals surface area contributed by atoms with Gasteiger partial charge in [-0.25, -0.2) is 9.59 Å². The summed E-state index contributed by atoms with van der Waals surface area (Å²) in [6.45, 7) is 4.59. The summed E-state index contributed by atoms with van der Waals surface area (Å²) >= 11 is 0. The lowest BCUT2D eigenvalue weighted by atomic mass is 10.1. The van der Waals surface area contributed by atoms with Crippen LogP contribution in [0.2, 0.25) is 0 Å². The average Bonchev–Trinajstić information content (AvgIpc) is 2.54. The number of hydrogen-bond acceptors (Lipinski definition) is 4. The molecule has 0 aliphatic carbocycles. The number of carboxylic acids is 2. The maximum absolute atomic E-state index is 9.10. The molecule has 1 aliphatic heterocycles. The summed E-state index contributed by atoms with van der Waals surface area (Å²) in [5.41, 5.74) is 0. The number of likely N-dealkylation sites (tertiary alicyclic amines) is 1. The smallest absolute Gasteiger partial charge is 0.414 e. The van der Waals surface area contributed by atoms with Gasteiger partial charge in [-0.2, -0.15) is 0 Å². The number of hydrogen-bond donors (Lipinski definition) is 2. The number of benzene rings is 1. The van der Waals surface area contributed by atoms with Gasteiger partial charge in [0.1, 0.15) is 5.75 Å². The van der Waals surface area contributed by atoms with Gasteiger partial charge in [-0.1, -0.05) is 24.6 Å². The maximum Gasteiger partial charge on any atom is 0.414 e. The molecule has 6 heteroatoms. The predicted octanol–water partition coefficient (Wildman–Crippen LogP) is 2.10. The topological polar surface area (TPSA) is 87.1 Å². The number of piperidine rings is 1. The minimum Gasteiger partial charge on any atom is -0.494 e. The Morgan fingerprint density at radius 2 is 1.59 bits per heavy atom. The van der Waals surface area contributed by atoms with E-state index in [1.54, 1.807) is 0 Å². The standard InChI is InChI=1S/C14H21NO.C2H2O4/c1-3-8-14(9-4-1)16-13-7-12-15-10-5-2-6-11-15;3-1(4)2(5)6/h1,3-4,8-9H,2,5-7,10-13H2;(H,3,4)(H,5,6). The monoisotopic (exact) mass is 309 g/mol. The van der Waals surface area contributed by atoms with Crippen LogP contribution in [0.4, 0.5) is 0 Å². The van der Waals surface area contributed by atoms with E-state index in [-0.39, 0.29) is 0 Å². The third-order valence-electron chi connectivity index (χ3n) is 3.26. The Balaban J connectivity index is 0.000000346. The van der Waals surface area contributed by atoms with E-state index in [9.17, 15) is 0 Å². The molecular formula is C16H23NO5. The van der Waals surface area contributed by atoms with Crippen LogP contribution in [0.1, 0.15) is 25.7 Å². The summed E-state index contributed by atoms with van der Waals surface area (Å²) < 4.78 is 5.67. The van der Waals surface area contributed by atoms with Crippen molar-refractivity contribution in [3.8, 4) is 5.75 Å². The SMILES string of the molecule is O=C(O)C(=O)O.c1ccc(OCCCN2CCCCC2)cc1. The minimum absolute atomic E-state index is 0.834. The molecule has 2 rings (SSSR count). The molecule has 122 valence electrons. The molecule has 2 N–H and O–H groups in total. The van der Waals surface area contributed by atoms with Crippen LogP contribution in [-0.2, 0) is 9.59 Å². The van der Waals surface area contributed by atoms with Crippen molar-refractivity contribution in [2.24, 2.45) is 0 Å². The van der Waals surface area contributed by atoms with Gasteiger partial charge in [0, 0.05) is 6.54 Å². The lowest BCUT2D eigenvalue weighted by molar-refractivity contribution is -0.159. The molecule has 0 radical (unpaired) electrons. The third-order valence-corrected chi connectivity index (χ3v) is 3.26. The zero-order valence-electron chi connectivity index (χ0n) is 12.6. The summed E-state index contributed by atoms with van der Waals surface area (Å²) in [6, 6.07) is 10.1. The highest BCUT2D eigenvalue weighted by atomic mass is 16.5. The molecule has 1 fully saturated rings. The number of carboxylic acid groups (broad SMARTS) is 2. The lowest BCUT2D eigenvalue weighted by Crippen LogP contribution is -2.31. The molecular weight excluding hydrogens is 286 g/mol. The summed E-state index contributed by atoms with van der Waals surface area (Å²) in [6.07, 6.45) is 5.30. The fraction of sp³-hybridized carbons (Fsp3) is 0.500. The van der Waals surface area contributed by atoms with Crippen molar-refractivity contribution in [1.29, 1.82) is 0 Å². The lowest BCUT2D eigenvalue weighted by Gasteiger charge is -2.26. The number of aliphatic carboxylic acids is 2. The quantitative estimate of drug-likeness (QED) is 0.640. The first kappa shape index (κ1) is 18.0. The molecule has 1 aromatic rings.